The predicted molar refractivity (Wildman–Crippen MR) is 50.9 cm³/mol. The molecule has 0 aliphatic carbocycles. The van der Waals surface area contributed by atoms with E-state index in [1.54, 1.807) is 19.1 Å². The van der Waals surface area contributed by atoms with Gasteiger partial charge in [-0.15, -0.1) is 0 Å². The van der Waals surface area contributed by atoms with Gasteiger partial charge < -0.3 is 0 Å². The van der Waals surface area contributed by atoms with Crippen molar-refractivity contribution in [3.8, 4) is 6.07 Å². The van der Waals surface area contributed by atoms with Crippen molar-refractivity contribution in [3.05, 3.63) is 33.8 Å². The molecule has 1 aromatic carbocycles. The Morgan fingerprint density at radius 2 is 2.15 bits per heavy atom. The molecule has 0 fully saturated rings. The van der Waals surface area contributed by atoms with E-state index in [1.807, 2.05) is 6.07 Å². The Bertz CT molecular complexity index is 404. The summed E-state index contributed by atoms with van der Waals surface area (Å²) in [5, 5.41) is 9.12. The van der Waals surface area contributed by atoms with E-state index in [9.17, 15) is 4.79 Å². The van der Waals surface area contributed by atoms with Crippen molar-refractivity contribution in [2.45, 2.75) is 13.8 Å². The summed E-state index contributed by atoms with van der Waals surface area (Å²) in [6.07, 6.45) is 0. The third-order valence-corrected chi connectivity index (χ3v) is 2.20. The molecule has 1 aromatic rings. The lowest BCUT2D eigenvalue weighted by Crippen LogP contribution is -1.99. The van der Waals surface area contributed by atoms with Crippen molar-refractivity contribution in [1.82, 2.24) is 0 Å². The maximum atomic E-state index is 11.2. The van der Waals surface area contributed by atoms with E-state index < -0.39 is 0 Å². The molecule has 0 N–H and O–H groups in total. The van der Waals surface area contributed by atoms with Crippen LogP contribution in [-0.4, -0.2) is 5.78 Å². The summed E-state index contributed by atoms with van der Waals surface area (Å²) in [5.74, 6) is -0.111. The van der Waals surface area contributed by atoms with E-state index in [1.165, 1.54) is 6.92 Å². The second kappa shape index (κ2) is 3.59. The highest BCUT2D eigenvalue weighted by Gasteiger charge is 2.11. The van der Waals surface area contributed by atoms with Crippen molar-refractivity contribution >= 4 is 17.4 Å². The van der Waals surface area contributed by atoms with Crippen LogP contribution in [0.2, 0.25) is 5.02 Å². The lowest BCUT2D eigenvalue weighted by Gasteiger charge is -2.05. The Morgan fingerprint density at radius 1 is 1.54 bits per heavy atom. The summed E-state index contributed by atoms with van der Waals surface area (Å²) < 4.78 is 0. The van der Waals surface area contributed by atoms with Crippen molar-refractivity contribution in [2.75, 3.05) is 0 Å². The minimum atomic E-state index is -0.111. The zero-order valence-electron chi connectivity index (χ0n) is 7.39. The summed E-state index contributed by atoms with van der Waals surface area (Å²) in [5.41, 5.74) is 1.60. The summed E-state index contributed by atoms with van der Waals surface area (Å²) in [4.78, 5) is 11.2. The Hall–Kier alpha value is -1.33. The first-order chi connectivity index (χ1) is 6.07. The van der Waals surface area contributed by atoms with Gasteiger partial charge in [0.1, 0.15) is 0 Å². The van der Waals surface area contributed by atoms with E-state index in [0.717, 1.165) is 0 Å². The predicted octanol–water partition coefficient (Wildman–Crippen LogP) is 2.72. The summed E-state index contributed by atoms with van der Waals surface area (Å²) in [7, 11) is 0. The standard InChI is InChI=1S/C10H8ClNO/c1-6-8(5-12)3-4-9(11)10(6)7(2)13/h3-4H,1-2H3. The number of carbonyl (C=O) groups excluding carboxylic acids is 1. The Balaban J connectivity index is 3.50. The van der Waals surface area contributed by atoms with Gasteiger partial charge in [0.2, 0.25) is 0 Å². The molecule has 0 heterocycles. The maximum absolute atomic E-state index is 11.2. The van der Waals surface area contributed by atoms with Crippen molar-refractivity contribution in [3.63, 3.8) is 0 Å². The number of nitrogens with zero attached hydrogens (tertiary/aromatic N) is 1. The molecule has 0 unspecified atom stereocenters. The van der Waals surface area contributed by atoms with Gasteiger partial charge in [-0.1, -0.05) is 11.6 Å². The molecular formula is C10H8ClNO. The third-order valence-electron chi connectivity index (χ3n) is 1.89. The first kappa shape index (κ1) is 9.76. The Morgan fingerprint density at radius 3 is 2.62 bits per heavy atom. The largest absolute Gasteiger partial charge is 0.294 e. The number of nitriles is 1. The van der Waals surface area contributed by atoms with Crippen LogP contribution in [-0.2, 0) is 0 Å². The smallest absolute Gasteiger partial charge is 0.161 e. The molecule has 0 atom stereocenters. The molecule has 0 saturated heterocycles. The third kappa shape index (κ3) is 1.71. The van der Waals surface area contributed by atoms with Gasteiger partial charge in [0.15, 0.2) is 5.78 Å². The Labute approximate surface area is 81.7 Å². The minimum Gasteiger partial charge on any atom is -0.294 e. The topological polar surface area (TPSA) is 40.9 Å². The van der Waals surface area contributed by atoms with Crippen LogP contribution < -0.4 is 0 Å². The number of benzene rings is 1. The van der Waals surface area contributed by atoms with Gasteiger partial charge in [-0.25, -0.2) is 0 Å². The fourth-order valence-electron chi connectivity index (χ4n) is 1.23. The second-order valence-electron chi connectivity index (χ2n) is 2.76. The molecule has 0 aliphatic heterocycles. The first-order valence-electron chi connectivity index (χ1n) is 3.78. The van der Waals surface area contributed by atoms with Crippen molar-refractivity contribution in [1.29, 1.82) is 5.26 Å². The van der Waals surface area contributed by atoms with Gasteiger partial charge >= 0.3 is 0 Å². The molecule has 0 radical (unpaired) electrons. The van der Waals surface area contributed by atoms with Crippen LogP contribution in [0.1, 0.15) is 28.4 Å². The van der Waals surface area contributed by atoms with Crippen LogP contribution in [0.25, 0.3) is 0 Å². The van der Waals surface area contributed by atoms with E-state index in [4.69, 9.17) is 16.9 Å². The van der Waals surface area contributed by atoms with Gasteiger partial charge in [0, 0.05) is 5.56 Å². The lowest BCUT2D eigenvalue weighted by molar-refractivity contribution is 0.101. The molecule has 0 saturated carbocycles. The molecule has 66 valence electrons. The zero-order valence-corrected chi connectivity index (χ0v) is 8.14. The van der Waals surface area contributed by atoms with Gasteiger partial charge in [0.25, 0.3) is 0 Å². The number of halogens is 1. The van der Waals surface area contributed by atoms with Gasteiger partial charge in [-0.3, -0.25) is 4.79 Å². The zero-order chi connectivity index (χ0) is 10.0. The average Bonchev–Trinajstić information content (AvgIpc) is 2.04. The maximum Gasteiger partial charge on any atom is 0.161 e. The summed E-state index contributed by atoms with van der Waals surface area (Å²) in [6, 6.07) is 5.20. The molecular weight excluding hydrogens is 186 g/mol. The molecule has 13 heavy (non-hydrogen) atoms. The first-order valence-corrected chi connectivity index (χ1v) is 4.16. The molecule has 2 nitrogen and oxygen atoms in total. The number of hydrogen-bond acceptors (Lipinski definition) is 2. The number of ketones is 1. The van der Waals surface area contributed by atoms with Gasteiger partial charge in [-0.2, -0.15) is 5.26 Å². The number of rotatable bonds is 1. The molecule has 0 aliphatic rings. The quantitative estimate of drug-likeness (QED) is 0.644. The highest BCUT2D eigenvalue weighted by Crippen LogP contribution is 2.22. The molecule has 3 heteroatoms. The second-order valence-corrected chi connectivity index (χ2v) is 3.17. The van der Waals surface area contributed by atoms with E-state index in [2.05, 4.69) is 0 Å². The van der Waals surface area contributed by atoms with E-state index in [0.29, 0.717) is 21.7 Å². The van der Waals surface area contributed by atoms with Crippen molar-refractivity contribution in [2.24, 2.45) is 0 Å². The summed E-state index contributed by atoms with van der Waals surface area (Å²) in [6.45, 7) is 3.16. The molecule has 1 rings (SSSR count). The van der Waals surface area contributed by atoms with Crippen molar-refractivity contribution < 1.29 is 4.79 Å². The average molecular weight is 194 g/mol. The fraction of sp³-hybridized carbons (Fsp3) is 0.200. The summed E-state index contributed by atoms with van der Waals surface area (Å²) >= 11 is 5.82. The van der Waals surface area contributed by atoms with Gasteiger partial charge in [-0.05, 0) is 31.5 Å². The SMILES string of the molecule is CC(=O)c1c(Cl)ccc(C#N)c1C. The van der Waals surface area contributed by atoms with E-state index >= 15 is 0 Å². The highest BCUT2D eigenvalue weighted by atomic mass is 35.5. The van der Waals surface area contributed by atoms with Gasteiger partial charge in [0.05, 0.1) is 16.7 Å². The normalized spacial score (nSPS) is 9.38. The van der Waals surface area contributed by atoms with E-state index in [-0.39, 0.29) is 5.78 Å². The molecule has 0 bridgehead atoms. The van der Waals surface area contributed by atoms with Crippen LogP contribution in [0, 0.1) is 18.3 Å². The molecule has 0 spiro atoms. The molecule has 0 aromatic heterocycles. The monoisotopic (exact) mass is 193 g/mol. The van der Waals surface area contributed by atoms with Crippen LogP contribution in [0.15, 0.2) is 12.1 Å². The number of hydrogen-bond donors (Lipinski definition) is 0. The lowest BCUT2D eigenvalue weighted by atomic mass is 10.0. The Kier molecular flexibility index (Phi) is 2.69. The fourth-order valence-corrected chi connectivity index (χ4v) is 1.57. The molecule has 0 amide bonds. The van der Waals surface area contributed by atoms with Crippen LogP contribution >= 0.6 is 11.6 Å². The van der Waals surface area contributed by atoms with Crippen LogP contribution in [0.4, 0.5) is 0 Å². The minimum absolute atomic E-state index is 0.111. The number of carbonyl (C=O) groups is 1. The highest BCUT2D eigenvalue weighted by molar-refractivity contribution is 6.34. The number of Topliss-reactive ketones (excluding diaryl/α,β-unsaturated/α-hetero) is 1. The van der Waals surface area contributed by atoms with Crippen LogP contribution in [0.3, 0.4) is 0 Å². The van der Waals surface area contributed by atoms with Crippen LogP contribution in [0.5, 0.6) is 0 Å².